The van der Waals surface area contributed by atoms with E-state index in [4.69, 9.17) is 14.2 Å². The molecule has 0 spiro atoms. The van der Waals surface area contributed by atoms with Gasteiger partial charge in [0, 0.05) is 22.9 Å². The van der Waals surface area contributed by atoms with Gasteiger partial charge in [-0.15, -0.1) is 0 Å². The summed E-state index contributed by atoms with van der Waals surface area (Å²) < 4.78 is 16.0. The minimum Gasteiger partial charge on any atom is -0.497 e. The molecule has 146 valence electrons. The van der Waals surface area contributed by atoms with E-state index in [1.807, 2.05) is 66.7 Å². The van der Waals surface area contributed by atoms with Crippen molar-refractivity contribution in [1.29, 1.82) is 0 Å². The minimum atomic E-state index is -0.00579. The average Bonchev–Trinajstić information content (AvgIpc) is 3.05. The fourth-order valence-corrected chi connectivity index (χ4v) is 3.50. The van der Waals surface area contributed by atoms with Gasteiger partial charge in [0.2, 0.25) is 0 Å². The van der Waals surface area contributed by atoms with Crippen LogP contribution in [0.2, 0.25) is 0 Å². The van der Waals surface area contributed by atoms with Crippen LogP contribution < -0.4 is 19.5 Å². The van der Waals surface area contributed by atoms with Crippen LogP contribution in [-0.4, -0.2) is 27.1 Å². The summed E-state index contributed by atoms with van der Waals surface area (Å²) in [6.45, 7) is 0. The Bertz CT molecular complexity index is 1100. The van der Waals surface area contributed by atoms with Crippen LogP contribution in [-0.2, 0) is 0 Å². The van der Waals surface area contributed by atoms with Crippen molar-refractivity contribution in [3.05, 3.63) is 83.4 Å². The van der Waals surface area contributed by atoms with Crippen LogP contribution in [0.25, 0.3) is 11.3 Å². The quantitative estimate of drug-likeness (QED) is 0.653. The Morgan fingerprint density at radius 1 is 0.724 bits per heavy atom. The van der Waals surface area contributed by atoms with Crippen LogP contribution in [0.15, 0.2) is 66.7 Å². The molecular formula is C24H21NO4. The van der Waals surface area contributed by atoms with E-state index in [1.165, 1.54) is 0 Å². The third kappa shape index (κ3) is 3.31. The van der Waals surface area contributed by atoms with Crippen molar-refractivity contribution in [3.63, 3.8) is 0 Å². The molecule has 1 aliphatic carbocycles. The van der Waals surface area contributed by atoms with Gasteiger partial charge in [-0.25, -0.2) is 0 Å². The van der Waals surface area contributed by atoms with E-state index in [1.54, 1.807) is 21.3 Å². The summed E-state index contributed by atoms with van der Waals surface area (Å²) in [5, 5.41) is 3.42. The maximum atomic E-state index is 13.2. The van der Waals surface area contributed by atoms with E-state index >= 15 is 0 Å². The Kier molecular flexibility index (Phi) is 4.96. The summed E-state index contributed by atoms with van der Waals surface area (Å²) in [5.74, 6) is 1.99. The second-order valence-electron chi connectivity index (χ2n) is 6.55. The summed E-state index contributed by atoms with van der Waals surface area (Å²) in [4.78, 5) is 13.2. The number of methoxy groups -OCH3 is 3. The molecular weight excluding hydrogens is 366 g/mol. The number of hydrogen-bond acceptors (Lipinski definition) is 5. The van der Waals surface area contributed by atoms with Crippen molar-refractivity contribution in [1.82, 2.24) is 0 Å². The van der Waals surface area contributed by atoms with Crippen LogP contribution in [0.1, 0.15) is 21.5 Å². The third-order valence-corrected chi connectivity index (χ3v) is 4.95. The fraction of sp³-hybridized carbons (Fsp3) is 0.125. The lowest BCUT2D eigenvalue weighted by Gasteiger charge is -2.14. The van der Waals surface area contributed by atoms with Crippen molar-refractivity contribution in [2.24, 2.45) is 0 Å². The monoisotopic (exact) mass is 387 g/mol. The Labute approximate surface area is 169 Å². The zero-order valence-corrected chi connectivity index (χ0v) is 16.5. The molecule has 0 saturated carbocycles. The predicted octanol–water partition coefficient (Wildman–Crippen LogP) is 4.89. The van der Waals surface area contributed by atoms with Gasteiger partial charge < -0.3 is 19.5 Å². The molecule has 0 aromatic heterocycles. The van der Waals surface area contributed by atoms with Crippen LogP contribution >= 0.6 is 0 Å². The summed E-state index contributed by atoms with van der Waals surface area (Å²) >= 11 is 0. The lowest BCUT2D eigenvalue weighted by Crippen LogP contribution is -2.02. The largest absolute Gasteiger partial charge is 0.497 e. The number of fused-ring (bicyclic) bond motifs is 1. The average molecular weight is 387 g/mol. The first-order valence-corrected chi connectivity index (χ1v) is 9.18. The first-order chi connectivity index (χ1) is 14.2. The van der Waals surface area contributed by atoms with Gasteiger partial charge in [0.25, 0.3) is 0 Å². The number of carbonyl (C=O) groups is 1. The van der Waals surface area contributed by atoms with Crippen LogP contribution in [0.3, 0.4) is 0 Å². The molecule has 0 aliphatic heterocycles. The summed E-state index contributed by atoms with van der Waals surface area (Å²) in [7, 11) is 4.81. The molecule has 0 fully saturated rings. The van der Waals surface area contributed by atoms with E-state index in [0.717, 1.165) is 28.3 Å². The van der Waals surface area contributed by atoms with Crippen molar-refractivity contribution in [2.45, 2.75) is 0 Å². The molecule has 3 aromatic carbocycles. The van der Waals surface area contributed by atoms with E-state index in [-0.39, 0.29) is 5.78 Å². The number of ketones is 1. The molecule has 0 bridgehead atoms. The number of rotatable bonds is 6. The zero-order valence-electron chi connectivity index (χ0n) is 16.5. The lowest BCUT2D eigenvalue weighted by molar-refractivity contribution is 0.105. The van der Waals surface area contributed by atoms with Gasteiger partial charge in [-0.3, -0.25) is 4.79 Å². The SMILES string of the molecule is COc1ccc(C2=C(Nc3ccc(OC)c(OC)c3)c3ccccc3C2=O)cc1. The molecule has 29 heavy (non-hydrogen) atoms. The van der Waals surface area contributed by atoms with Gasteiger partial charge in [0.05, 0.1) is 32.6 Å². The van der Waals surface area contributed by atoms with Gasteiger partial charge in [-0.05, 0) is 29.8 Å². The van der Waals surface area contributed by atoms with Crippen LogP contribution in [0.5, 0.6) is 17.2 Å². The normalized spacial score (nSPS) is 12.6. The maximum Gasteiger partial charge on any atom is 0.196 e. The second kappa shape index (κ2) is 7.72. The Balaban J connectivity index is 1.82. The van der Waals surface area contributed by atoms with Gasteiger partial charge in [-0.1, -0.05) is 36.4 Å². The maximum absolute atomic E-state index is 13.2. The Morgan fingerprint density at radius 3 is 2.07 bits per heavy atom. The molecule has 0 unspecified atom stereocenters. The number of carbonyl (C=O) groups excluding carboxylic acids is 1. The Hall–Kier alpha value is -3.73. The highest BCUT2D eigenvalue weighted by Gasteiger charge is 2.30. The van der Waals surface area contributed by atoms with Crippen molar-refractivity contribution < 1.29 is 19.0 Å². The van der Waals surface area contributed by atoms with Gasteiger partial charge in [-0.2, -0.15) is 0 Å². The molecule has 5 nitrogen and oxygen atoms in total. The van der Waals surface area contributed by atoms with Crippen LogP contribution in [0.4, 0.5) is 5.69 Å². The molecule has 0 saturated heterocycles. The number of benzene rings is 3. The van der Waals surface area contributed by atoms with Crippen LogP contribution in [0, 0.1) is 0 Å². The molecule has 3 aromatic rings. The zero-order chi connectivity index (χ0) is 20.4. The molecule has 0 atom stereocenters. The van der Waals surface area contributed by atoms with Crippen molar-refractivity contribution in [2.75, 3.05) is 26.6 Å². The molecule has 0 amide bonds. The molecule has 1 N–H and O–H groups in total. The second-order valence-corrected chi connectivity index (χ2v) is 6.55. The molecule has 5 heteroatoms. The third-order valence-electron chi connectivity index (χ3n) is 4.95. The van der Waals surface area contributed by atoms with E-state index in [9.17, 15) is 4.79 Å². The molecule has 4 rings (SSSR count). The number of anilines is 1. The highest BCUT2D eigenvalue weighted by atomic mass is 16.5. The number of hydrogen-bond donors (Lipinski definition) is 1. The topological polar surface area (TPSA) is 56.8 Å². The highest BCUT2D eigenvalue weighted by molar-refractivity contribution is 6.40. The van der Waals surface area contributed by atoms with E-state index in [2.05, 4.69) is 5.32 Å². The molecule has 0 heterocycles. The first-order valence-electron chi connectivity index (χ1n) is 9.18. The number of Topliss-reactive ketones (excluding diaryl/α,β-unsaturated/α-hetero) is 1. The lowest BCUT2D eigenvalue weighted by atomic mass is 10.0. The molecule has 1 aliphatic rings. The fourth-order valence-electron chi connectivity index (χ4n) is 3.50. The first kappa shape index (κ1) is 18.6. The number of allylic oxidation sites excluding steroid dienone is 1. The van der Waals surface area contributed by atoms with Gasteiger partial charge >= 0.3 is 0 Å². The summed E-state index contributed by atoms with van der Waals surface area (Å²) in [5.41, 5.74) is 4.58. The standard InChI is InChI=1S/C24H21NO4/c1-27-17-11-8-15(9-12-17)22-23(18-6-4-5-7-19(18)24(22)26)25-16-10-13-20(28-2)21(14-16)29-3/h4-14,25H,1-3H3. The summed E-state index contributed by atoms with van der Waals surface area (Å²) in [6.07, 6.45) is 0. The van der Waals surface area contributed by atoms with E-state index in [0.29, 0.717) is 22.6 Å². The van der Waals surface area contributed by atoms with Crippen molar-refractivity contribution >= 4 is 22.7 Å². The summed E-state index contributed by atoms with van der Waals surface area (Å²) in [6, 6.07) is 20.7. The number of ether oxygens (including phenoxy) is 3. The smallest absolute Gasteiger partial charge is 0.196 e. The van der Waals surface area contributed by atoms with Gasteiger partial charge in [0.1, 0.15) is 5.75 Å². The number of nitrogens with one attached hydrogen (secondary N) is 1. The van der Waals surface area contributed by atoms with Gasteiger partial charge in [0.15, 0.2) is 17.3 Å². The highest BCUT2D eigenvalue weighted by Crippen LogP contribution is 2.40. The molecule has 0 radical (unpaired) electrons. The predicted molar refractivity (Wildman–Crippen MR) is 114 cm³/mol. The minimum absolute atomic E-state index is 0.00579. The van der Waals surface area contributed by atoms with Crippen molar-refractivity contribution in [3.8, 4) is 17.2 Å². The Morgan fingerprint density at radius 2 is 1.41 bits per heavy atom. The van der Waals surface area contributed by atoms with E-state index < -0.39 is 0 Å².